The number of methoxy groups -OCH3 is 1. The van der Waals surface area contributed by atoms with Gasteiger partial charge in [0.25, 0.3) is 0 Å². The average molecular weight is 272 g/mol. The largest absolute Gasteiger partial charge is 0.491 e. The Morgan fingerprint density at radius 3 is 2.87 bits per heavy atom. The zero-order chi connectivity index (χ0) is 10.7. The third-order valence-corrected chi connectivity index (χ3v) is 3.52. The number of piperidine rings is 1. The van der Waals surface area contributed by atoms with Crippen molar-refractivity contribution in [3.63, 3.8) is 0 Å². The summed E-state index contributed by atoms with van der Waals surface area (Å²) in [4.78, 5) is 11.1. The monoisotopic (exact) mass is 271 g/mol. The molecule has 0 aliphatic carbocycles. The third kappa shape index (κ3) is 2.40. The van der Waals surface area contributed by atoms with Crippen molar-refractivity contribution in [3.05, 3.63) is 12.5 Å². The Morgan fingerprint density at radius 1 is 1.47 bits per heavy atom. The van der Waals surface area contributed by atoms with Crippen LogP contribution in [0.4, 0.5) is 5.82 Å². The summed E-state index contributed by atoms with van der Waals surface area (Å²) in [6.07, 6.45) is 5.57. The summed E-state index contributed by atoms with van der Waals surface area (Å²) >= 11 is 3.63. The van der Waals surface area contributed by atoms with Gasteiger partial charge in [-0.2, -0.15) is 0 Å². The van der Waals surface area contributed by atoms with Crippen molar-refractivity contribution in [1.29, 1.82) is 0 Å². The summed E-state index contributed by atoms with van der Waals surface area (Å²) in [5.74, 6) is 1.66. The lowest BCUT2D eigenvalue weighted by molar-refractivity contribution is 0.408. The van der Waals surface area contributed by atoms with Crippen LogP contribution in [0.2, 0.25) is 0 Å². The van der Waals surface area contributed by atoms with E-state index in [4.69, 9.17) is 4.74 Å². The molecule has 82 valence electrons. The Balaban J connectivity index is 2.15. The van der Waals surface area contributed by atoms with Crippen LogP contribution in [0, 0.1) is 0 Å². The molecule has 0 spiro atoms. The van der Waals surface area contributed by atoms with E-state index < -0.39 is 0 Å². The highest BCUT2D eigenvalue weighted by Gasteiger charge is 2.20. The van der Waals surface area contributed by atoms with Crippen molar-refractivity contribution < 1.29 is 4.74 Å². The fourth-order valence-corrected chi connectivity index (χ4v) is 2.16. The summed E-state index contributed by atoms with van der Waals surface area (Å²) in [6, 6.07) is 0. The highest BCUT2D eigenvalue weighted by atomic mass is 79.9. The molecule has 0 unspecified atom stereocenters. The number of rotatable bonds is 2. The Morgan fingerprint density at radius 2 is 2.20 bits per heavy atom. The van der Waals surface area contributed by atoms with Crippen molar-refractivity contribution in [3.8, 4) is 5.75 Å². The van der Waals surface area contributed by atoms with Crippen LogP contribution in [0.15, 0.2) is 12.5 Å². The Labute approximate surface area is 97.8 Å². The lowest BCUT2D eigenvalue weighted by atomic mass is 10.1. The second-order valence-electron chi connectivity index (χ2n) is 3.58. The van der Waals surface area contributed by atoms with Gasteiger partial charge in [0.1, 0.15) is 6.33 Å². The van der Waals surface area contributed by atoms with E-state index in [1.54, 1.807) is 19.6 Å². The zero-order valence-corrected chi connectivity index (χ0v) is 10.3. The quantitative estimate of drug-likeness (QED) is 0.770. The number of anilines is 1. The molecular formula is C10H14BrN3O. The molecule has 0 N–H and O–H groups in total. The maximum atomic E-state index is 5.25. The molecule has 1 aliphatic heterocycles. The van der Waals surface area contributed by atoms with Crippen LogP contribution in [-0.2, 0) is 0 Å². The van der Waals surface area contributed by atoms with Gasteiger partial charge in [0.05, 0.1) is 13.3 Å². The molecule has 0 aromatic carbocycles. The van der Waals surface area contributed by atoms with Crippen LogP contribution in [0.1, 0.15) is 12.8 Å². The van der Waals surface area contributed by atoms with E-state index in [0.717, 1.165) is 37.5 Å². The second kappa shape index (κ2) is 4.79. The highest BCUT2D eigenvalue weighted by Crippen LogP contribution is 2.28. The molecule has 2 rings (SSSR count). The number of alkyl halides is 1. The third-order valence-electron chi connectivity index (χ3n) is 2.60. The molecule has 0 radical (unpaired) electrons. The first-order valence-corrected chi connectivity index (χ1v) is 5.96. The summed E-state index contributed by atoms with van der Waals surface area (Å²) in [5, 5.41) is 0. The van der Waals surface area contributed by atoms with Crippen LogP contribution in [0.5, 0.6) is 5.75 Å². The molecule has 1 aromatic rings. The minimum atomic E-state index is 0.640. The van der Waals surface area contributed by atoms with E-state index in [1.807, 2.05) is 0 Å². The molecule has 0 saturated carbocycles. The van der Waals surface area contributed by atoms with Crippen LogP contribution >= 0.6 is 15.9 Å². The van der Waals surface area contributed by atoms with E-state index in [-0.39, 0.29) is 0 Å². The fraction of sp³-hybridized carbons (Fsp3) is 0.600. The molecule has 1 aliphatic rings. The highest BCUT2D eigenvalue weighted by molar-refractivity contribution is 9.09. The summed E-state index contributed by atoms with van der Waals surface area (Å²) in [7, 11) is 1.65. The maximum absolute atomic E-state index is 5.25. The van der Waals surface area contributed by atoms with Gasteiger partial charge in [-0.25, -0.2) is 9.97 Å². The topological polar surface area (TPSA) is 38.3 Å². The van der Waals surface area contributed by atoms with E-state index in [0.29, 0.717) is 4.83 Å². The van der Waals surface area contributed by atoms with Crippen molar-refractivity contribution in [2.24, 2.45) is 0 Å². The molecule has 0 amide bonds. The normalized spacial score (nSPS) is 17.9. The standard InChI is InChI=1S/C10H14BrN3O/c1-15-9-6-12-7-13-10(9)14-4-2-8(11)3-5-14/h6-8H,2-5H2,1H3. The van der Waals surface area contributed by atoms with Crippen molar-refractivity contribution in [1.82, 2.24) is 9.97 Å². The minimum absolute atomic E-state index is 0.640. The number of hydrogen-bond acceptors (Lipinski definition) is 4. The lowest BCUT2D eigenvalue weighted by Crippen LogP contribution is -2.34. The van der Waals surface area contributed by atoms with Crippen LogP contribution in [0.25, 0.3) is 0 Å². The van der Waals surface area contributed by atoms with Gasteiger partial charge in [-0.05, 0) is 12.8 Å². The van der Waals surface area contributed by atoms with Crippen molar-refractivity contribution in [2.45, 2.75) is 17.7 Å². The van der Waals surface area contributed by atoms with Gasteiger partial charge in [-0.1, -0.05) is 15.9 Å². The number of aromatic nitrogens is 2. The minimum Gasteiger partial charge on any atom is -0.491 e. The molecule has 0 bridgehead atoms. The first-order valence-electron chi connectivity index (χ1n) is 5.04. The molecule has 4 nitrogen and oxygen atoms in total. The Bertz CT molecular complexity index is 326. The molecular weight excluding hydrogens is 258 g/mol. The summed E-state index contributed by atoms with van der Waals surface area (Å²) < 4.78 is 5.25. The number of ether oxygens (including phenoxy) is 1. The lowest BCUT2D eigenvalue weighted by Gasteiger charge is -2.30. The van der Waals surface area contributed by atoms with Crippen LogP contribution in [-0.4, -0.2) is 35.0 Å². The van der Waals surface area contributed by atoms with Gasteiger partial charge in [0.2, 0.25) is 0 Å². The maximum Gasteiger partial charge on any atom is 0.179 e. The molecule has 15 heavy (non-hydrogen) atoms. The predicted octanol–water partition coefficient (Wildman–Crippen LogP) is 1.85. The summed E-state index contributed by atoms with van der Waals surface area (Å²) in [6.45, 7) is 2.03. The molecule has 0 atom stereocenters. The van der Waals surface area contributed by atoms with Gasteiger partial charge in [-0.3, -0.25) is 0 Å². The van der Waals surface area contributed by atoms with E-state index in [1.165, 1.54) is 0 Å². The SMILES string of the molecule is COc1cncnc1N1CCC(Br)CC1. The first-order chi connectivity index (χ1) is 7.31. The molecule has 1 saturated heterocycles. The van der Waals surface area contributed by atoms with E-state index >= 15 is 0 Å². The smallest absolute Gasteiger partial charge is 0.179 e. The van der Waals surface area contributed by atoms with Gasteiger partial charge in [-0.15, -0.1) is 0 Å². The Kier molecular flexibility index (Phi) is 3.41. The van der Waals surface area contributed by atoms with Gasteiger partial charge in [0, 0.05) is 17.9 Å². The van der Waals surface area contributed by atoms with Crippen molar-refractivity contribution in [2.75, 3.05) is 25.1 Å². The molecule has 1 fully saturated rings. The zero-order valence-electron chi connectivity index (χ0n) is 8.69. The average Bonchev–Trinajstić information content (AvgIpc) is 2.30. The number of hydrogen-bond donors (Lipinski definition) is 0. The van der Waals surface area contributed by atoms with Gasteiger partial charge in [0.15, 0.2) is 11.6 Å². The fourth-order valence-electron chi connectivity index (χ4n) is 1.75. The number of nitrogens with zero attached hydrogens (tertiary/aromatic N) is 3. The van der Waals surface area contributed by atoms with Gasteiger partial charge < -0.3 is 9.64 Å². The van der Waals surface area contributed by atoms with Crippen LogP contribution in [0.3, 0.4) is 0 Å². The first kappa shape index (κ1) is 10.7. The van der Waals surface area contributed by atoms with E-state index in [2.05, 4.69) is 30.8 Å². The number of halogens is 1. The molecule has 2 heterocycles. The van der Waals surface area contributed by atoms with Gasteiger partial charge >= 0.3 is 0 Å². The van der Waals surface area contributed by atoms with Crippen molar-refractivity contribution >= 4 is 21.7 Å². The van der Waals surface area contributed by atoms with Crippen LogP contribution < -0.4 is 9.64 Å². The van der Waals surface area contributed by atoms with E-state index in [9.17, 15) is 0 Å². The molecule has 5 heteroatoms. The summed E-state index contributed by atoms with van der Waals surface area (Å²) in [5.41, 5.74) is 0. The second-order valence-corrected chi connectivity index (χ2v) is 4.87. The predicted molar refractivity (Wildman–Crippen MR) is 62.7 cm³/mol. The molecule has 1 aromatic heterocycles. The Hall–Kier alpha value is -0.840.